The fourth-order valence-corrected chi connectivity index (χ4v) is 3.91. The van der Waals surface area contributed by atoms with Gasteiger partial charge in [0.25, 0.3) is 5.91 Å². The van der Waals surface area contributed by atoms with Crippen LogP contribution in [-0.2, 0) is 6.42 Å². The molecule has 0 atom stereocenters. The quantitative estimate of drug-likeness (QED) is 0.852. The molecule has 1 aromatic heterocycles. The molecule has 136 valence electrons. The van der Waals surface area contributed by atoms with Crippen molar-refractivity contribution in [1.29, 1.82) is 0 Å². The number of aryl methyl sites for hydroxylation is 1. The maximum atomic E-state index is 12.9. The maximum absolute atomic E-state index is 12.9. The van der Waals surface area contributed by atoms with Gasteiger partial charge in [0.2, 0.25) is 0 Å². The van der Waals surface area contributed by atoms with Crippen molar-refractivity contribution in [3.8, 4) is 5.75 Å². The van der Waals surface area contributed by atoms with E-state index >= 15 is 0 Å². The summed E-state index contributed by atoms with van der Waals surface area (Å²) in [6, 6.07) is 10.3. The van der Waals surface area contributed by atoms with Gasteiger partial charge in [0.1, 0.15) is 5.75 Å². The number of ether oxygens (including phenoxy) is 1. The zero-order chi connectivity index (χ0) is 17.9. The number of benzene rings is 1. The second-order valence-corrected chi connectivity index (χ2v) is 7.11. The van der Waals surface area contributed by atoms with Crippen molar-refractivity contribution in [3.63, 3.8) is 0 Å². The van der Waals surface area contributed by atoms with Crippen LogP contribution < -0.4 is 9.64 Å². The zero-order valence-electron chi connectivity index (χ0n) is 15.2. The van der Waals surface area contributed by atoms with Crippen LogP contribution in [0, 0.1) is 0 Å². The number of fused-ring (bicyclic) bond motifs is 1. The van der Waals surface area contributed by atoms with Crippen LogP contribution in [0.4, 0.5) is 5.69 Å². The first-order valence-corrected chi connectivity index (χ1v) is 9.40. The van der Waals surface area contributed by atoms with Crippen LogP contribution in [0.3, 0.4) is 0 Å². The van der Waals surface area contributed by atoms with Crippen LogP contribution in [0.2, 0.25) is 0 Å². The molecule has 0 N–H and O–H groups in total. The summed E-state index contributed by atoms with van der Waals surface area (Å²) < 4.78 is 5.72. The minimum Gasteiger partial charge on any atom is -0.493 e. The second-order valence-electron chi connectivity index (χ2n) is 7.11. The average Bonchev–Trinajstić information content (AvgIpc) is 2.73. The largest absolute Gasteiger partial charge is 0.493 e. The Kier molecular flexibility index (Phi) is 4.78. The molecule has 0 unspecified atom stereocenters. The number of pyridine rings is 1. The topological polar surface area (TPSA) is 45.7 Å². The number of carbonyl (C=O) groups excluding carboxylic acids is 1. The lowest BCUT2D eigenvalue weighted by Crippen LogP contribution is -2.45. The number of aromatic nitrogens is 1. The molecule has 5 nitrogen and oxygen atoms in total. The molecule has 2 aliphatic heterocycles. The van der Waals surface area contributed by atoms with E-state index in [0.717, 1.165) is 56.7 Å². The Morgan fingerprint density at radius 2 is 1.96 bits per heavy atom. The highest BCUT2D eigenvalue weighted by Crippen LogP contribution is 2.27. The smallest absolute Gasteiger partial charge is 0.253 e. The van der Waals surface area contributed by atoms with Crippen LogP contribution in [0.1, 0.15) is 35.2 Å². The van der Waals surface area contributed by atoms with Gasteiger partial charge in [-0.3, -0.25) is 9.78 Å². The highest BCUT2D eigenvalue weighted by Gasteiger charge is 2.26. The third kappa shape index (κ3) is 3.39. The van der Waals surface area contributed by atoms with Gasteiger partial charge in [0.05, 0.1) is 6.61 Å². The molecule has 0 aliphatic carbocycles. The third-order valence-electron chi connectivity index (χ3n) is 5.52. The molecule has 0 saturated carbocycles. The summed E-state index contributed by atoms with van der Waals surface area (Å²) >= 11 is 0. The van der Waals surface area contributed by atoms with Gasteiger partial charge in [-0.15, -0.1) is 0 Å². The summed E-state index contributed by atoms with van der Waals surface area (Å²) in [4.78, 5) is 21.3. The molecule has 2 aliphatic rings. The van der Waals surface area contributed by atoms with Crippen molar-refractivity contribution in [2.24, 2.45) is 0 Å². The lowest BCUT2D eigenvalue weighted by atomic mass is 10.0. The predicted octanol–water partition coefficient (Wildman–Crippen LogP) is 3.15. The van der Waals surface area contributed by atoms with Crippen molar-refractivity contribution in [2.45, 2.75) is 31.7 Å². The lowest BCUT2D eigenvalue weighted by molar-refractivity contribution is 0.0708. The second kappa shape index (κ2) is 7.36. The number of anilines is 1. The minimum absolute atomic E-state index is 0.0873. The SMILES string of the molecule is CN(C(=O)c1ccc2c(c1)OCCC2)C1CCN(c2ccncc2)CC1. The monoisotopic (exact) mass is 351 g/mol. The standard InChI is InChI=1S/C21H25N3O2/c1-23(18-8-12-24(13-9-18)19-6-10-22-11-7-19)21(25)17-5-4-16-3-2-14-26-20(16)15-17/h4-7,10-11,15,18H,2-3,8-9,12-14H2,1H3. The Morgan fingerprint density at radius 3 is 2.73 bits per heavy atom. The summed E-state index contributed by atoms with van der Waals surface area (Å²) in [5, 5.41) is 0. The Labute approximate surface area is 154 Å². The molecule has 1 aromatic carbocycles. The number of rotatable bonds is 3. The van der Waals surface area contributed by atoms with Crippen molar-refractivity contribution < 1.29 is 9.53 Å². The van der Waals surface area contributed by atoms with Gasteiger partial charge in [0, 0.05) is 49.8 Å². The van der Waals surface area contributed by atoms with Crippen molar-refractivity contribution in [1.82, 2.24) is 9.88 Å². The molecule has 0 spiro atoms. The molecule has 1 amide bonds. The number of carbonyl (C=O) groups is 1. The Bertz CT molecular complexity index is 770. The van der Waals surface area contributed by atoms with Crippen molar-refractivity contribution in [3.05, 3.63) is 53.9 Å². The number of amides is 1. The molecule has 1 fully saturated rings. The summed E-state index contributed by atoms with van der Waals surface area (Å²) in [5.74, 6) is 0.965. The third-order valence-corrected chi connectivity index (χ3v) is 5.52. The van der Waals surface area contributed by atoms with Gasteiger partial charge >= 0.3 is 0 Å². The molecule has 26 heavy (non-hydrogen) atoms. The van der Waals surface area contributed by atoms with E-state index < -0.39 is 0 Å². The molecular formula is C21H25N3O2. The molecular weight excluding hydrogens is 326 g/mol. The molecule has 0 bridgehead atoms. The summed E-state index contributed by atoms with van der Waals surface area (Å²) in [6.45, 7) is 2.66. The molecule has 3 heterocycles. The summed E-state index contributed by atoms with van der Waals surface area (Å²) in [7, 11) is 1.93. The van der Waals surface area contributed by atoms with Crippen LogP contribution in [0.15, 0.2) is 42.7 Å². The van der Waals surface area contributed by atoms with Crippen molar-refractivity contribution in [2.75, 3.05) is 31.6 Å². The zero-order valence-corrected chi connectivity index (χ0v) is 15.2. The molecule has 4 rings (SSSR count). The van der Waals surface area contributed by atoms with E-state index in [1.54, 1.807) is 0 Å². The highest BCUT2D eigenvalue weighted by atomic mass is 16.5. The Morgan fingerprint density at radius 1 is 1.19 bits per heavy atom. The Balaban J connectivity index is 1.40. The number of hydrogen-bond acceptors (Lipinski definition) is 4. The van der Waals surface area contributed by atoms with Crippen LogP contribution in [-0.4, -0.2) is 48.6 Å². The van der Waals surface area contributed by atoms with E-state index in [1.165, 1.54) is 11.3 Å². The van der Waals surface area contributed by atoms with E-state index in [9.17, 15) is 4.79 Å². The predicted molar refractivity (Wildman–Crippen MR) is 102 cm³/mol. The fourth-order valence-electron chi connectivity index (χ4n) is 3.91. The van der Waals surface area contributed by atoms with E-state index in [1.807, 2.05) is 54.7 Å². The van der Waals surface area contributed by atoms with Gasteiger partial charge in [-0.2, -0.15) is 0 Å². The van der Waals surface area contributed by atoms with Crippen molar-refractivity contribution >= 4 is 11.6 Å². The van der Waals surface area contributed by atoms with Crippen LogP contribution >= 0.6 is 0 Å². The van der Waals surface area contributed by atoms with Gasteiger partial charge in [-0.05, 0) is 55.5 Å². The average molecular weight is 351 g/mol. The molecule has 1 saturated heterocycles. The first-order valence-electron chi connectivity index (χ1n) is 9.40. The molecule has 2 aromatic rings. The normalized spacial score (nSPS) is 17.3. The van der Waals surface area contributed by atoms with Gasteiger partial charge < -0.3 is 14.5 Å². The van der Waals surface area contributed by atoms with E-state index in [-0.39, 0.29) is 11.9 Å². The number of nitrogens with zero attached hydrogens (tertiary/aromatic N) is 3. The summed E-state index contributed by atoms with van der Waals surface area (Å²) in [5.41, 5.74) is 3.14. The van der Waals surface area contributed by atoms with E-state index in [2.05, 4.69) is 9.88 Å². The van der Waals surface area contributed by atoms with Gasteiger partial charge in [-0.25, -0.2) is 0 Å². The minimum atomic E-state index is 0.0873. The van der Waals surface area contributed by atoms with Gasteiger partial charge in [0.15, 0.2) is 0 Å². The Hall–Kier alpha value is -2.56. The molecule has 5 heteroatoms. The number of hydrogen-bond donors (Lipinski definition) is 0. The fraction of sp³-hybridized carbons (Fsp3) is 0.429. The lowest BCUT2D eigenvalue weighted by Gasteiger charge is -2.38. The van der Waals surface area contributed by atoms with E-state index in [4.69, 9.17) is 4.74 Å². The van der Waals surface area contributed by atoms with Gasteiger partial charge in [-0.1, -0.05) is 6.07 Å². The molecule has 0 radical (unpaired) electrons. The summed E-state index contributed by atoms with van der Waals surface area (Å²) in [6.07, 6.45) is 7.70. The van der Waals surface area contributed by atoms with Crippen LogP contribution in [0.5, 0.6) is 5.75 Å². The number of piperidine rings is 1. The van der Waals surface area contributed by atoms with E-state index in [0.29, 0.717) is 0 Å². The maximum Gasteiger partial charge on any atom is 0.253 e. The first kappa shape index (κ1) is 16.9. The van der Waals surface area contributed by atoms with Crippen LogP contribution in [0.25, 0.3) is 0 Å². The first-order chi connectivity index (χ1) is 12.7. The highest BCUT2D eigenvalue weighted by molar-refractivity contribution is 5.94.